The van der Waals surface area contributed by atoms with Gasteiger partial charge in [0, 0.05) is 19.6 Å². The third-order valence-corrected chi connectivity index (χ3v) is 4.12. The summed E-state index contributed by atoms with van der Waals surface area (Å²) in [7, 11) is 0. The van der Waals surface area contributed by atoms with Crippen molar-refractivity contribution in [3.63, 3.8) is 0 Å². The number of imide groups is 1. The maximum absolute atomic E-state index is 12.5. The standard InChI is InChI=1S/C17H23NO3/c1-2-6-13(9-10-19)12-18-16(20)11-15(17(18)21)14-7-4-3-5-8-14/h3-5,7-8,13,15,19H,2,6,9-12H2,1H3. The van der Waals surface area contributed by atoms with Gasteiger partial charge in [-0.3, -0.25) is 14.5 Å². The van der Waals surface area contributed by atoms with E-state index in [1.165, 1.54) is 4.90 Å². The zero-order valence-electron chi connectivity index (χ0n) is 12.5. The van der Waals surface area contributed by atoms with Gasteiger partial charge in [0.05, 0.1) is 5.92 Å². The first-order valence-corrected chi connectivity index (χ1v) is 7.67. The van der Waals surface area contributed by atoms with Gasteiger partial charge in [0.25, 0.3) is 0 Å². The summed E-state index contributed by atoms with van der Waals surface area (Å²) < 4.78 is 0. The van der Waals surface area contributed by atoms with E-state index in [9.17, 15) is 9.59 Å². The van der Waals surface area contributed by atoms with Crippen molar-refractivity contribution in [3.8, 4) is 0 Å². The molecule has 1 fully saturated rings. The molecule has 0 bridgehead atoms. The summed E-state index contributed by atoms with van der Waals surface area (Å²) in [6.45, 7) is 2.61. The lowest BCUT2D eigenvalue weighted by atomic mass is 9.97. The van der Waals surface area contributed by atoms with Crippen LogP contribution in [0.1, 0.15) is 44.1 Å². The molecule has 1 saturated heterocycles. The quantitative estimate of drug-likeness (QED) is 0.784. The zero-order valence-corrected chi connectivity index (χ0v) is 12.5. The van der Waals surface area contributed by atoms with Crippen molar-refractivity contribution in [3.05, 3.63) is 35.9 Å². The highest BCUT2D eigenvalue weighted by molar-refractivity contribution is 6.06. The molecule has 0 aliphatic carbocycles. The molecule has 0 aromatic heterocycles. The average molecular weight is 289 g/mol. The number of rotatable bonds is 7. The van der Waals surface area contributed by atoms with Crippen LogP contribution in [0.4, 0.5) is 0 Å². The minimum Gasteiger partial charge on any atom is -0.396 e. The lowest BCUT2D eigenvalue weighted by Gasteiger charge is -2.22. The Bertz CT molecular complexity index is 480. The van der Waals surface area contributed by atoms with Gasteiger partial charge in [0.1, 0.15) is 0 Å². The Hall–Kier alpha value is -1.68. The summed E-state index contributed by atoms with van der Waals surface area (Å²) in [4.78, 5) is 26.1. The smallest absolute Gasteiger partial charge is 0.237 e. The Labute approximate surface area is 125 Å². The molecule has 2 amide bonds. The Morgan fingerprint density at radius 3 is 2.57 bits per heavy atom. The maximum atomic E-state index is 12.5. The molecule has 1 aliphatic rings. The number of aliphatic hydroxyl groups excluding tert-OH is 1. The summed E-state index contributed by atoms with van der Waals surface area (Å²) in [5.74, 6) is -0.323. The molecule has 0 spiro atoms. The molecule has 4 nitrogen and oxygen atoms in total. The second-order valence-corrected chi connectivity index (χ2v) is 5.68. The van der Waals surface area contributed by atoms with E-state index in [4.69, 9.17) is 5.11 Å². The van der Waals surface area contributed by atoms with Crippen LogP contribution in [0.5, 0.6) is 0 Å². The summed E-state index contributed by atoms with van der Waals surface area (Å²) >= 11 is 0. The largest absolute Gasteiger partial charge is 0.396 e. The van der Waals surface area contributed by atoms with Crippen LogP contribution < -0.4 is 0 Å². The van der Waals surface area contributed by atoms with Gasteiger partial charge in [-0.15, -0.1) is 0 Å². The molecule has 0 radical (unpaired) electrons. The fourth-order valence-corrected chi connectivity index (χ4v) is 3.00. The summed E-state index contributed by atoms with van der Waals surface area (Å²) in [6, 6.07) is 9.48. The highest BCUT2D eigenvalue weighted by Crippen LogP contribution is 2.30. The number of carbonyl (C=O) groups is 2. The van der Waals surface area contributed by atoms with Crippen LogP contribution in [0.25, 0.3) is 0 Å². The molecule has 1 aromatic rings. The van der Waals surface area contributed by atoms with Gasteiger partial charge >= 0.3 is 0 Å². The molecule has 1 aromatic carbocycles. The molecule has 1 heterocycles. The molecule has 1 aliphatic heterocycles. The van der Waals surface area contributed by atoms with Crippen molar-refractivity contribution in [1.29, 1.82) is 0 Å². The molecule has 1 N–H and O–H groups in total. The van der Waals surface area contributed by atoms with Crippen LogP contribution in [-0.4, -0.2) is 35.0 Å². The Kier molecular flexibility index (Phi) is 5.51. The Morgan fingerprint density at radius 1 is 1.24 bits per heavy atom. The summed E-state index contributed by atoms with van der Waals surface area (Å²) in [5.41, 5.74) is 0.910. The minimum atomic E-state index is -0.338. The van der Waals surface area contributed by atoms with Gasteiger partial charge in [-0.25, -0.2) is 0 Å². The topological polar surface area (TPSA) is 57.6 Å². The van der Waals surface area contributed by atoms with E-state index in [0.717, 1.165) is 18.4 Å². The second-order valence-electron chi connectivity index (χ2n) is 5.68. The molecular weight excluding hydrogens is 266 g/mol. The number of hydrogen-bond donors (Lipinski definition) is 1. The van der Waals surface area contributed by atoms with E-state index < -0.39 is 0 Å². The Balaban J connectivity index is 2.07. The lowest BCUT2D eigenvalue weighted by Crippen LogP contribution is -2.35. The lowest BCUT2D eigenvalue weighted by molar-refractivity contribution is -0.139. The van der Waals surface area contributed by atoms with Crippen LogP contribution in [0.3, 0.4) is 0 Å². The van der Waals surface area contributed by atoms with Gasteiger partial charge in [0.15, 0.2) is 0 Å². The highest BCUT2D eigenvalue weighted by Gasteiger charge is 2.39. The zero-order chi connectivity index (χ0) is 15.2. The SMILES string of the molecule is CCCC(CCO)CN1C(=O)CC(c2ccccc2)C1=O. The predicted molar refractivity (Wildman–Crippen MR) is 80.6 cm³/mol. The minimum absolute atomic E-state index is 0.0899. The fraction of sp³-hybridized carbons (Fsp3) is 0.529. The van der Waals surface area contributed by atoms with Crippen molar-refractivity contribution in [2.24, 2.45) is 5.92 Å². The van der Waals surface area contributed by atoms with E-state index >= 15 is 0 Å². The van der Waals surface area contributed by atoms with E-state index in [2.05, 4.69) is 6.92 Å². The maximum Gasteiger partial charge on any atom is 0.237 e. The summed E-state index contributed by atoms with van der Waals surface area (Å²) in [5, 5.41) is 9.11. The van der Waals surface area contributed by atoms with Crippen molar-refractivity contribution in [2.45, 2.75) is 38.5 Å². The first kappa shape index (κ1) is 15.7. The molecule has 2 atom stereocenters. The number of benzene rings is 1. The number of hydrogen-bond acceptors (Lipinski definition) is 3. The van der Waals surface area contributed by atoms with Gasteiger partial charge in [-0.1, -0.05) is 43.7 Å². The third kappa shape index (κ3) is 3.70. The molecular formula is C17H23NO3. The van der Waals surface area contributed by atoms with E-state index in [1.807, 2.05) is 30.3 Å². The van der Waals surface area contributed by atoms with Crippen LogP contribution >= 0.6 is 0 Å². The number of nitrogens with zero attached hydrogens (tertiary/aromatic N) is 1. The molecule has 4 heteroatoms. The molecule has 2 unspecified atom stereocenters. The highest BCUT2D eigenvalue weighted by atomic mass is 16.3. The van der Waals surface area contributed by atoms with Crippen molar-refractivity contribution in [1.82, 2.24) is 4.90 Å². The van der Waals surface area contributed by atoms with Gasteiger partial charge in [0.2, 0.25) is 11.8 Å². The van der Waals surface area contributed by atoms with Gasteiger partial charge in [-0.05, 0) is 24.3 Å². The van der Waals surface area contributed by atoms with Crippen LogP contribution in [0.2, 0.25) is 0 Å². The average Bonchev–Trinajstić information content (AvgIpc) is 2.77. The van der Waals surface area contributed by atoms with Gasteiger partial charge < -0.3 is 5.11 Å². The van der Waals surface area contributed by atoms with E-state index in [-0.39, 0.29) is 36.7 Å². The molecule has 0 saturated carbocycles. The molecule has 21 heavy (non-hydrogen) atoms. The number of amides is 2. The number of aliphatic hydroxyl groups is 1. The van der Waals surface area contributed by atoms with Crippen molar-refractivity contribution >= 4 is 11.8 Å². The van der Waals surface area contributed by atoms with Gasteiger partial charge in [-0.2, -0.15) is 0 Å². The van der Waals surface area contributed by atoms with Crippen molar-refractivity contribution < 1.29 is 14.7 Å². The number of carbonyl (C=O) groups excluding carboxylic acids is 2. The Morgan fingerprint density at radius 2 is 1.95 bits per heavy atom. The predicted octanol–water partition coefficient (Wildman–Crippen LogP) is 2.33. The first-order chi connectivity index (χ1) is 10.2. The van der Waals surface area contributed by atoms with Crippen LogP contribution in [0, 0.1) is 5.92 Å². The van der Waals surface area contributed by atoms with Crippen molar-refractivity contribution in [2.75, 3.05) is 13.2 Å². The fourth-order valence-electron chi connectivity index (χ4n) is 3.00. The third-order valence-electron chi connectivity index (χ3n) is 4.12. The van der Waals surface area contributed by atoms with E-state index in [1.54, 1.807) is 0 Å². The first-order valence-electron chi connectivity index (χ1n) is 7.67. The van der Waals surface area contributed by atoms with Crippen LogP contribution in [0.15, 0.2) is 30.3 Å². The van der Waals surface area contributed by atoms with Crippen LogP contribution in [-0.2, 0) is 9.59 Å². The molecule has 2 rings (SSSR count). The second kappa shape index (κ2) is 7.36. The summed E-state index contributed by atoms with van der Waals surface area (Å²) in [6.07, 6.45) is 2.82. The number of likely N-dealkylation sites (tertiary alicyclic amines) is 1. The molecule has 114 valence electrons. The van der Waals surface area contributed by atoms with E-state index in [0.29, 0.717) is 13.0 Å². The monoisotopic (exact) mass is 289 g/mol. The normalized spacial score (nSPS) is 20.1.